The Balaban J connectivity index is 0.00000338. The number of methoxy groups -OCH3 is 1. The van der Waals surface area contributed by atoms with Crippen LogP contribution in [0.2, 0.25) is 0 Å². The third-order valence-electron chi connectivity index (χ3n) is 3.65. The van der Waals surface area contributed by atoms with Gasteiger partial charge in [0.15, 0.2) is 5.96 Å². The van der Waals surface area contributed by atoms with Crippen molar-refractivity contribution in [3.8, 4) is 5.75 Å². The van der Waals surface area contributed by atoms with Crippen molar-refractivity contribution in [3.63, 3.8) is 0 Å². The lowest BCUT2D eigenvalue weighted by atomic mass is 10.1. The summed E-state index contributed by atoms with van der Waals surface area (Å²) >= 11 is 5.01. The maximum absolute atomic E-state index is 10.6. The van der Waals surface area contributed by atoms with E-state index in [4.69, 9.17) is 4.74 Å². The molecule has 0 saturated heterocycles. The number of halogens is 2. The fraction of sp³-hybridized carbons (Fsp3) is 0.389. The molecular weight excluding hydrogens is 529 g/mol. The van der Waals surface area contributed by atoms with E-state index in [1.807, 2.05) is 42.6 Å². The van der Waals surface area contributed by atoms with Crippen LogP contribution in [0, 0.1) is 0 Å². The molecule has 26 heavy (non-hydrogen) atoms. The van der Waals surface area contributed by atoms with Gasteiger partial charge in [-0.2, -0.15) is 0 Å². The third-order valence-corrected chi connectivity index (χ3v) is 5.26. The first kappa shape index (κ1) is 23.2. The molecule has 8 heteroatoms. The van der Waals surface area contributed by atoms with Crippen molar-refractivity contribution < 1.29 is 9.84 Å². The van der Waals surface area contributed by atoms with Crippen LogP contribution in [0.15, 0.2) is 45.2 Å². The summed E-state index contributed by atoms with van der Waals surface area (Å²) in [6.45, 7) is 5.39. The van der Waals surface area contributed by atoms with Gasteiger partial charge in [0.05, 0.1) is 20.2 Å². The van der Waals surface area contributed by atoms with Crippen molar-refractivity contribution in [3.05, 3.63) is 50.6 Å². The number of ether oxygens (including phenoxy) is 1. The second kappa shape index (κ2) is 11.1. The number of rotatable bonds is 7. The van der Waals surface area contributed by atoms with Gasteiger partial charge in [-0.3, -0.25) is 0 Å². The summed E-state index contributed by atoms with van der Waals surface area (Å²) in [4.78, 5) is 5.52. The van der Waals surface area contributed by atoms with Crippen molar-refractivity contribution in [1.29, 1.82) is 0 Å². The van der Waals surface area contributed by atoms with Crippen LogP contribution in [0.3, 0.4) is 0 Å². The fourth-order valence-electron chi connectivity index (χ4n) is 2.30. The summed E-state index contributed by atoms with van der Waals surface area (Å²) in [7, 11) is 1.65. The Kier molecular flexibility index (Phi) is 9.91. The van der Waals surface area contributed by atoms with Gasteiger partial charge in [0.25, 0.3) is 0 Å². The number of aliphatic hydroxyl groups is 1. The normalized spacial score (nSPS) is 13.5. The molecule has 0 aliphatic rings. The van der Waals surface area contributed by atoms with Crippen LogP contribution >= 0.6 is 51.2 Å². The molecule has 1 aromatic carbocycles. The zero-order chi connectivity index (χ0) is 18.3. The highest BCUT2D eigenvalue weighted by molar-refractivity contribution is 14.0. The molecule has 0 amide bonds. The van der Waals surface area contributed by atoms with Crippen molar-refractivity contribution in [2.24, 2.45) is 4.99 Å². The zero-order valence-corrected chi connectivity index (χ0v) is 19.8. The molecule has 0 bridgehead atoms. The molecule has 0 radical (unpaired) electrons. The Labute approximate surface area is 184 Å². The summed E-state index contributed by atoms with van der Waals surface area (Å²) < 4.78 is 6.37. The largest absolute Gasteiger partial charge is 0.496 e. The van der Waals surface area contributed by atoms with Gasteiger partial charge in [-0.25, -0.2) is 4.99 Å². The molecule has 1 heterocycles. The summed E-state index contributed by atoms with van der Waals surface area (Å²) in [6, 6.07) is 9.72. The number of benzene rings is 1. The Morgan fingerprint density at radius 3 is 2.73 bits per heavy atom. The topological polar surface area (TPSA) is 65.9 Å². The van der Waals surface area contributed by atoms with E-state index in [-0.39, 0.29) is 24.0 Å². The number of guanidine groups is 1. The predicted octanol–water partition coefficient (Wildman–Crippen LogP) is 4.10. The van der Waals surface area contributed by atoms with Crippen LogP contribution in [0.5, 0.6) is 5.75 Å². The van der Waals surface area contributed by atoms with E-state index in [1.54, 1.807) is 14.0 Å². The molecule has 2 rings (SSSR count). The van der Waals surface area contributed by atoms with E-state index in [9.17, 15) is 5.11 Å². The van der Waals surface area contributed by atoms with Gasteiger partial charge in [0, 0.05) is 21.5 Å². The lowest BCUT2D eigenvalue weighted by molar-refractivity contribution is 0.0655. The van der Waals surface area contributed by atoms with Gasteiger partial charge in [-0.1, -0.05) is 22.0 Å². The van der Waals surface area contributed by atoms with Gasteiger partial charge in [-0.05, 0) is 43.5 Å². The molecule has 1 aromatic heterocycles. The molecule has 0 aliphatic heterocycles. The highest BCUT2D eigenvalue weighted by Gasteiger charge is 2.24. The number of nitrogens with zero attached hydrogens (tertiary/aromatic N) is 1. The summed E-state index contributed by atoms with van der Waals surface area (Å²) in [5.74, 6) is 1.45. The minimum absolute atomic E-state index is 0. The average molecular weight is 554 g/mol. The van der Waals surface area contributed by atoms with Crippen molar-refractivity contribution in [1.82, 2.24) is 10.6 Å². The number of hydrogen-bond donors (Lipinski definition) is 3. The predicted molar refractivity (Wildman–Crippen MR) is 123 cm³/mol. The van der Waals surface area contributed by atoms with Crippen LogP contribution in [0.25, 0.3) is 0 Å². The smallest absolute Gasteiger partial charge is 0.191 e. The Morgan fingerprint density at radius 2 is 2.12 bits per heavy atom. The molecule has 2 aromatic rings. The van der Waals surface area contributed by atoms with E-state index in [0.29, 0.717) is 19.0 Å². The minimum Gasteiger partial charge on any atom is -0.496 e. The fourth-order valence-corrected chi connectivity index (χ4v) is 3.50. The first-order valence-electron chi connectivity index (χ1n) is 8.07. The van der Waals surface area contributed by atoms with Gasteiger partial charge in [0.1, 0.15) is 11.4 Å². The van der Waals surface area contributed by atoms with Crippen molar-refractivity contribution in [2.45, 2.75) is 26.0 Å². The molecule has 1 atom stereocenters. The number of hydrogen-bond acceptors (Lipinski definition) is 4. The molecule has 3 N–H and O–H groups in total. The maximum atomic E-state index is 10.6. The lowest BCUT2D eigenvalue weighted by Gasteiger charge is -2.23. The van der Waals surface area contributed by atoms with Crippen molar-refractivity contribution in [2.75, 3.05) is 20.2 Å². The average Bonchev–Trinajstić information content (AvgIpc) is 3.13. The molecule has 0 spiro atoms. The van der Waals surface area contributed by atoms with Crippen LogP contribution in [0.1, 0.15) is 24.3 Å². The first-order valence-corrected chi connectivity index (χ1v) is 9.74. The lowest BCUT2D eigenvalue weighted by Crippen LogP contribution is -2.44. The summed E-state index contributed by atoms with van der Waals surface area (Å²) in [5.41, 5.74) is 0.0387. The zero-order valence-electron chi connectivity index (χ0n) is 15.1. The maximum Gasteiger partial charge on any atom is 0.191 e. The Bertz CT molecular complexity index is 708. The van der Waals surface area contributed by atoms with E-state index >= 15 is 0 Å². The molecule has 144 valence electrons. The number of aliphatic imine (C=N–C) groups is 1. The van der Waals surface area contributed by atoms with Crippen LogP contribution < -0.4 is 15.4 Å². The SMILES string of the molecule is CCNC(=NCc1cc(Br)ccc1OC)NCC(C)(O)c1cccs1.I. The van der Waals surface area contributed by atoms with Gasteiger partial charge in [0.2, 0.25) is 0 Å². The van der Waals surface area contributed by atoms with E-state index < -0.39 is 5.60 Å². The number of thiophene rings is 1. The second-order valence-corrected chi connectivity index (χ2v) is 7.62. The highest BCUT2D eigenvalue weighted by atomic mass is 127. The monoisotopic (exact) mass is 553 g/mol. The standard InChI is InChI=1S/C18H24BrN3O2S.HI/c1-4-20-17(22-12-18(2,23)16-6-5-9-25-16)21-11-13-10-14(19)7-8-15(13)24-3;/h5-10,23H,4,11-12H2,1-3H3,(H2,20,21,22);1H. The molecule has 5 nitrogen and oxygen atoms in total. The Morgan fingerprint density at radius 1 is 1.35 bits per heavy atom. The number of nitrogens with one attached hydrogen (secondary N) is 2. The molecule has 0 aliphatic carbocycles. The van der Waals surface area contributed by atoms with Crippen LogP contribution in [0.4, 0.5) is 0 Å². The van der Waals surface area contributed by atoms with E-state index in [2.05, 4.69) is 31.6 Å². The van der Waals surface area contributed by atoms with E-state index in [0.717, 1.165) is 27.2 Å². The van der Waals surface area contributed by atoms with E-state index in [1.165, 1.54) is 11.3 Å². The first-order chi connectivity index (χ1) is 12.0. The molecular formula is C18H25BrIN3O2S. The summed E-state index contributed by atoms with van der Waals surface area (Å²) in [5, 5.41) is 19.0. The van der Waals surface area contributed by atoms with Gasteiger partial charge < -0.3 is 20.5 Å². The molecule has 0 saturated carbocycles. The van der Waals surface area contributed by atoms with Gasteiger partial charge >= 0.3 is 0 Å². The molecule has 1 unspecified atom stereocenters. The highest BCUT2D eigenvalue weighted by Crippen LogP contribution is 2.25. The van der Waals surface area contributed by atoms with Crippen LogP contribution in [-0.2, 0) is 12.1 Å². The molecule has 0 fully saturated rings. The Hall–Kier alpha value is -0.840. The third kappa shape index (κ3) is 6.71. The van der Waals surface area contributed by atoms with Gasteiger partial charge in [-0.15, -0.1) is 35.3 Å². The van der Waals surface area contributed by atoms with Crippen molar-refractivity contribution >= 4 is 57.2 Å². The summed E-state index contributed by atoms with van der Waals surface area (Å²) in [6.07, 6.45) is 0. The quantitative estimate of drug-likeness (QED) is 0.274. The second-order valence-electron chi connectivity index (χ2n) is 5.76. The van der Waals surface area contributed by atoms with Crippen LogP contribution in [-0.4, -0.2) is 31.3 Å². The minimum atomic E-state index is -0.947.